The van der Waals surface area contributed by atoms with Gasteiger partial charge in [0.1, 0.15) is 0 Å². The zero-order valence-corrected chi connectivity index (χ0v) is 18.3. The number of amides is 3. The molecule has 3 aromatic carbocycles. The SMILES string of the molecule is CNC(=O)NC(=O)C(OC(=O)c1cc(-c2ccccc2)nn1-c1ccccc1)c1ccccc1. The van der Waals surface area contributed by atoms with Crippen LogP contribution in [0.4, 0.5) is 4.79 Å². The second-order valence-electron chi connectivity index (χ2n) is 7.29. The molecule has 1 atom stereocenters. The maximum Gasteiger partial charge on any atom is 0.358 e. The molecule has 0 saturated carbocycles. The van der Waals surface area contributed by atoms with Gasteiger partial charge in [-0.15, -0.1) is 0 Å². The first-order valence-corrected chi connectivity index (χ1v) is 10.6. The van der Waals surface area contributed by atoms with Gasteiger partial charge in [0.05, 0.1) is 11.4 Å². The molecule has 1 heterocycles. The number of urea groups is 1. The predicted octanol–water partition coefficient (Wildman–Crippen LogP) is 3.89. The number of para-hydroxylation sites is 1. The number of esters is 1. The van der Waals surface area contributed by atoms with Gasteiger partial charge in [0.25, 0.3) is 5.91 Å². The second-order valence-corrected chi connectivity index (χ2v) is 7.29. The van der Waals surface area contributed by atoms with Crippen LogP contribution in [-0.4, -0.2) is 34.7 Å². The van der Waals surface area contributed by atoms with Crippen molar-refractivity contribution in [3.8, 4) is 16.9 Å². The quantitative estimate of drug-likeness (QED) is 0.430. The van der Waals surface area contributed by atoms with Gasteiger partial charge >= 0.3 is 12.0 Å². The highest BCUT2D eigenvalue weighted by molar-refractivity contribution is 5.99. The summed E-state index contributed by atoms with van der Waals surface area (Å²) >= 11 is 0. The molecule has 4 aromatic rings. The van der Waals surface area contributed by atoms with E-state index in [9.17, 15) is 14.4 Å². The van der Waals surface area contributed by atoms with Crippen LogP contribution in [-0.2, 0) is 9.53 Å². The standard InChI is InChI=1S/C26H22N4O4/c1-27-26(33)28-24(31)23(19-13-7-3-8-14-19)34-25(32)22-17-21(18-11-5-2-6-12-18)29-30(22)20-15-9-4-10-16-20/h2-17,23H,1H3,(H2,27,28,31,33). The van der Waals surface area contributed by atoms with Crippen molar-refractivity contribution < 1.29 is 19.1 Å². The van der Waals surface area contributed by atoms with Crippen molar-refractivity contribution in [1.29, 1.82) is 0 Å². The lowest BCUT2D eigenvalue weighted by molar-refractivity contribution is -0.129. The Hall–Kier alpha value is -4.72. The molecular weight excluding hydrogens is 432 g/mol. The number of imide groups is 1. The van der Waals surface area contributed by atoms with Gasteiger partial charge in [-0.05, 0) is 18.2 Å². The number of carbonyl (C=O) groups excluding carboxylic acids is 3. The van der Waals surface area contributed by atoms with Crippen LogP contribution in [0.3, 0.4) is 0 Å². The Balaban J connectivity index is 1.72. The number of hydrogen-bond donors (Lipinski definition) is 2. The summed E-state index contributed by atoms with van der Waals surface area (Å²) in [7, 11) is 1.38. The largest absolute Gasteiger partial charge is 0.443 e. The summed E-state index contributed by atoms with van der Waals surface area (Å²) in [6.45, 7) is 0. The number of nitrogens with zero attached hydrogens (tertiary/aromatic N) is 2. The van der Waals surface area contributed by atoms with Crippen LogP contribution in [0, 0.1) is 0 Å². The van der Waals surface area contributed by atoms with Crippen molar-refractivity contribution in [2.45, 2.75) is 6.10 Å². The van der Waals surface area contributed by atoms with Gasteiger partial charge in [-0.3, -0.25) is 10.1 Å². The normalized spacial score (nSPS) is 11.3. The average Bonchev–Trinajstić information content (AvgIpc) is 3.34. The Morgan fingerprint density at radius 1 is 0.853 bits per heavy atom. The van der Waals surface area contributed by atoms with Crippen LogP contribution < -0.4 is 10.6 Å². The summed E-state index contributed by atoms with van der Waals surface area (Å²) in [5.74, 6) is -1.53. The van der Waals surface area contributed by atoms with E-state index >= 15 is 0 Å². The van der Waals surface area contributed by atoms with Crippen LogP contribution >= 0.6 is 0 Å². The van der Waals surface area contributed by atoms with Gasteiger partial charge in [0.15, 0.2) is 5.69 Å². The fourth-order valence-corrected chi connectivity index (χ4v) is 3.35. The number of hydrogen-bond acceptors (Lipinski definition) is 5. The molecule has 0 radical (unpaired) electrons. The van der Waals surface area contributed by atoms with E-state index in [1.54, 1.807) is 36.4 Å². The molecule has 1 unspecified atom stereocenters. The minimum Gasteiger partial charge on any atom is -0.443 e. The monoisotopic (exact) mass is 454 g/mol. The summed E-state index contributed by atoms with van der Waals surface area (Å²) in [5, 5.41) is 9.10. The number of aromatic nitrogens is 2. The molecule has 34 heavy (non-hydrogen) atoms. The molecule has 0 fully saturated rings. The first-order chi connectivity index (χ1) is 16.6. The first-order valence-electron chi connectivity index (χ1n) is 10.6. The molecule has 1 aromatic heterocycles. The van der Waals surface area contributed by atoms with Crippen LogP contribution in [0.5, 0.6) is 0 Å². The van der Waals surface area contributed by atoms with Crippen molar-refractivity contribution >= 4 is 17.9 Å². The summed E-state index contributed by atoms with van der Waals surface area (Å²) < 4.78 is 7.12. The van der Waals surface area contributed by atoms with E-state index in [0.29, 0.717) is 16.9 Å². The fourth-order valence-electron chi connectivity index (χ4n) is 3.35. The molecule has 4 rings (SSSR count). The maximum atomic E-state index is 13.4. The Morgan fingerprint density at radius 2 is 1.44 bits per heavy atom. The van der Waals surface area contributed by atoms with Gasteiger partial charge in [-0.1, -0.05) is 78.9 Å². The molecule has 3 amide bonds. The van der Waals surface area contributed by atoms with Crippen LogP contribution in [0.1, 0.15) is 22.2 Å². The lowest BCUT2D eigenvalue weighted by atomic mass is 10.1. The van der Waals surface area contributed by atoms with E-state index in [1.165, 1.54) is 11.7 Å². The third kappa shape index (κ3) is 5.02. The maximum absolute atomic E-state index is 13.4. The topological polar surface area (TPSA) is 102 Å². The van der Waals surface area contributed by atoms with Crippen molar-refractivity contribution in [3.05, 3.63) is 108 Å². The van der Waals surface area contributed by atoms with Crippen LogP contribution in [0.2, 0.25) is 0 Å². The summed E-state index contributed by atoms with van der Waals surface area (Å²) in [6, 6.07) is 28.0. The summed E-state index contributed by atoms with van der Waals surface area (Å²) in [6.07, 6.45) is -1.34. The first kappa shape index (κ1) is 22.5. The second kappa shape index (κ2) is 10.3. The molecule has 0 aliphatic carbocycles. The third-order valence-corrected chi connectivity index (χ3v) is 5.02. The van der Waals surface area contributed by atoms with Crippen molar-refractivity contribution in [1.82, 2.24) is 20.4 Å². The zero-order valence-electron chi connectivity index (χ0n) is 18.3. The lowest BCUT2D eigenvalue weighted by Gasteiger charge is -2.17. The Bertz CT molecular complexity index is 1290. The van der Waals surface area contributed by atoms with Crippen molar-refractivity contribution in [3.63, 3.8) is 0 Å². The van der Waals surface area contributed by atoms with E-state index in [1.807, 2.05) is 60.7 Å². The molecular formula is C26H22N4O4. The molecule has 170 valence electrons. The van der Waals surface area contributed by atoms with E-state index < -0.39 is 24.0 Å². The highest BCUT2D eigenvalue weighted by Crippen LogP contribution is 2.25. The van der Waals surface area contributed by atoms with E-state index in [0.717, 1.165) is 5.56 Å². The smallest absolute Gasteiger partial charge is 0.358 e. The zero-order chi connectivity index (χ0) is 23.9. The van der Waals surface area contributed by atoms with E-state index in [-0.39, 0.29) is 5.69 Å². The lowest BCUT2D eigenvalue weighted by Crippen LogP contribution is -2.41. The summed E-state index contributed by atoms with van der Waals surface area (Å²) in [5.41, 5.74) is 2.61. The molecule has 8 nitrogen and oxygen atoms in total. The molecule has 2 N–H and O–H groups in total. The number of ether oxygens (including phenoxy) is 1. The van der Waals surface area contributed by atoms with Crippen molar-refractivity contribution in [2.75, 3.05) is 7.05 Å². The molecule has 0 aliphatic heterocycles. The van der Waals surface area contributed by atoms with Gasteiger partial charge in [0.2, 0.25) is 6.10 Å². The number of nitrogens with one attached hydrogen (secondary N) is 2. The van der Waals surface area contributed by atoms with Gasteiger partial charge in [0, 0.05) is 18.2 Å². The molecule has 0 bridgehead atoms. The van der Waals surface area contributed by atoms with E-state index in [2.05, 4.69) is 15.7 Å². The predicted molar refractivity (Wildman–Crippen MR) is 126 cm³/mol. The molecule has 0 aliphatic rings. The number of rotatable bonds is 6. The van der Waals surface area contributed by atoms with Crippen LogP contribution in [0.25, 0.3) is 16.9 Å². The van der Waals surface area contributed by atoms with E-state index in [4.69, 9.17) is 4.74 Å². The summed E-state index contributed by atoms with van der Waals surface area (Å²) in [4.78, 5) is 37.9. The van der Waals surface area contributed by atoms with Gasteiger partial charge < -0.3 is 10.1 Å². The highest BCUT2D eigenvalue weighted by Gasteiger charge is 2.29. The number of benzene rings is 3. The average molecular weight is 454 g/mol. The Labute approximate surface area is 196 Å². The molecule has 0 spiro atoms. The third-order valence-electron chi connectivity index (χ3n) is 5.02. The number of carbonyl (C=O) groups is 3. The fraction of sp³-hybridized carbons (Fsp3) is 0.0769. The minimum absolute atomic E-state index is 0.138. The highest BCUT2D eigenvalue weighted by atomic mass is 16.5. The van der Waals surface area contributed by atoms with Crippen molar-refractivity contribution in [2.24, 2.45) is 0 Å². The molecule has 0 saturated heterocycles. The van der Waals surface area contributed by atoms with Crippen LogP contribution in [0.15, 0.2) is 97.1 Å². The minimum atomic E-state index is -1.34. The Morgan fingerprint density at radius 3 is 2.06 bits per heavy atom. The molecule has 8 heteroatoms. The van der Waals surface area contributed by atoms with Gasteiger partial charge in [-0.2, -0.15) is 5.10 Å². The van der Waals surface area contributed by atoms with Gasteiger partial charge in [-0.25, -0.2) is 14.3 Å². The Kier molecular flexibility index (Phi) is 6.78.